The highest BCUT2D eigenvalue weighted by molar-refractivity contribution is 7.93. The number of sulfonamides is 1. The highest BCUT2D eigenvalue weighted by Gasteiger charge is 2.46. The molecular weight excluding hydrogens is 371 g/mol. The zero-order chi connectivity index (χ0) is 18.9. The molecule has 0 saturated carbocycles. The Morgan fingerprint density at radius 3 is 2.50 bits per heavy atom. The van der Waals surface area contributed by atoms with Crippen molar-refractivity contribution in [2.45, 2.75) is 18.5 Å². The van der Waals surface area contributed by atoms with Gasteiger partial charge in [-0.25, -0.2) is 0 Å². The summed E-state index contributed by atoms with van der Waals surface area (Å²) in [4.78, 5) is 18.1. The highest BCUT2D eigenvalue weighted by atomic mass is 32.2. The number of nitrogens with one attached hydrogen (secondary N) is 1. The number of benzene rings is 1. The zero-order valence-corrected chi connectivity index (χ0v) is 14.1. The van der Waals surface area contributed by atoms with E-state index in [1.54, 1.807) is 23.4 Å². The SMILES string of the molecule is O=C1c2ccncc2CCN1Cc1ccc(NS(=O)(=O)C(F)(F)F)cc1. The van der Waals surface area contributed by atoms with E-state index in [-0.39, 0.29) is 18.1 Å². The van der Waals surface area contributed by atoms with Crippen molar-refractivity contribution >= 4 is 21.6 Å². The van der Waals surface area contributed by atoms with Gasteiger partial charge < -0.3 is 4.90 Å². The fourth-order valence-corrected chi connectivity index (χ4v) is 3.19. The number of carbonyl (C=O) groups excluding carboxylic acids is 1. The van der Waals surface area contributed by atoms with E-state index in [1.807, 2.05) is 0 Å². The van der Waals surface area contributed by atoms with Crippen molar-refractivity contribution < 1.29 is 26.4 Å². The van der Waals surface area contributed by atoms with Crippen molar-refractivity contribution in [1.82, 2.24) is 9.88 Å². The standard InChI is InChI=1S/C16H14F3N3O3S/c17-16(18,19)26(24,25)21-13-3-1-11(2-4-13)10-22-8-6-12-9-20-7-5-14(12)15(22)23/h1-5,7,9,21H,6,8,10H2. The van der Waals surface area contributed by atoms with Gasteiger partial charge in [-0.05, 0) is 35.7 Å². The second-order valence-corrected chi connectivity index (χ2v) is 7.43. The number of nitrogens with zero attached hydrogens (tertiary/aromatic N) is 2. The molecule has 6 nitrogen and oxygen atoms in total. The number of pyridine rings is 1. The van der Waals surface area contributed by atoms with Crippen LogP contribution in [0.15, 0.2) is 42.7 Å². The number of amides is 1. The van der Waals surface area contributed by atoms with Crippen LogP contribution in [0, 0.1) is 0 Å². The van der Waals surface area contributed by atoms with E-state index in [1.165, 1.54) is 29.0 Å². The van der Waals surface area contributed by atoms with Crippen LogP contribution in [0.25, 0.3) is 0 Å². The number of carbonyl (C=O) groups is 1. The van der Waals surface area contributed by atoms with Crippen LogP contribution in [0.2, 0.25) is 0 Å². The van der Waals surface area contributed by atoms with Gasteiger partial charge in [-0.15, -0.1) is 0 Å². The third-order valence-electron chi connectivity index (χ3n) is 3.96. The number of anilines is 1. The minimum absolute atomic E-state index is 0.143. The van der Waals surface area contributed by atoms with Gasteiger partial charge in [0.1, 0.15) is 0 Å². The summed E-state index contributed by atoms with van der Waals surface area (Å²) in [6, 6.07) is 7.06. The maximum atomic E-state index is 12.5. The average molecular weight is 385 g/mol. The molecule has 1 aliphatic rings. The Morgan fingerprint density at radius 2 is 1.85 bits per heavy atom. The molecule has 0 atom stereocenters. The van der Waals surface area contributed by atoms with Crippen molar-refractivity contribution in [3.8, 4) is 0 Å². The third kappa shape index (κ3) is 3.64. The first-order valence-electron chi connectivity index (χ1n) is 7.57. The lowest BCUT2D eigenvalue weighted by Crippen LogP contribution is -2.37. The molecule has 138 valence electrons. The van der Waals surface area contributed by atoms with Gasteiger partial charge in [0.15, 0.2) is 0 Å². The molecule has 1 N–H and O–H groups in total. The Balaban J connectivity index is 1.70. The Labute approximate surface area is 147 Å². The van der Waals surface area contributed by atoms with Crippen LogP contribution in [-0.2, 0) is 23.0 Å². The van der Waals surface area contributed by atoms with Gasteiger partial charge in [-0.1, -0.05) is 12.1 Å². The molecule has 0 fully saturated rings. The number of aromatic nitrogens is 1. The Bertz CT molecular complexity index is 928. The van der Waals surface area contributed by atoms with Crippen LogP contribution in [0.3, 0.4) is 0 Å². The predicted molar refractivity (Wildman–Crippen MR) is 87.7 cm³/mol. The molecule has 10 heteroatoms. The Morgan fingerprint density at radius 1 is 1.15 bits per heavy atom. The normalized spacial score (nSPS) is 14.9. The minimum atomic E-state index is -5.45. The van der Waals surface area contributed by atoms with Gasteiger partial charge in [0, 0.05) is 36.7 Å². The minimum Gasteiger partial charge on any atom is -0.334 e. The smallest absolute Gasteiger partial charge is 0.334 e. The van der Waals surface area contributed by atoms with Gasteiger partial charge in [-0.2, -0.15) is 21.6 Å². The molecule has 0 spiro atoms. The lowest BCUT2D eigenvalue weighted by atomic mass is 10.0. The van der Waals surface area contributed by atoms with E-state index in [0.717, 1.165) is 5.56 Å². The van der Waals surface area contributed by atoms with Crippen molar-refractivity contribution in [3.63, 3.8) is 0 Å². The first-order chi connectivity index (χ1) is 12.2. The number of fused-ring (bicyclic) bond motifs is 1. The van der Waals surface area contributed by atoms with Gasteiger partial charge in [-0.3, -0.25) is 14.5 Å². The molecule has 0 radical (unpaired) electrons. The van der Waals surface area contributed by atoms with Crippen LogP contribution in [0.1, 0.15) is 21.5 Å². The third-order valence-corrected chi connectivity index (χ3v) is 5.07. The molecule has 2 aromatic rings. The number of hydrogen-bond donors (Lipinski definition) is 1. The number of rotatable bonds is 4. The largest absolute Gasteiger partial charge is 0.516 e. The Kier molecular flexibility index (Phi) is 4.61. The lowest BCUT2D eigenvalue weighted by molar-refractivity contribution is -0.0429. The number of alkyl halides is 3. The van der Waals surface area contributed by atoms with E-state index >= 15 is 0 Å². The fourth-order valence-electron chi connectivity index (χ4n) is 2.62. The van der Waals surface area contributed by atoms with Crippen LogP contribution in [0.4, 0.5) is 18.9 Å². The molecule has 1 aromatic carbocycles. The predicted octanol–water partition coefficient (Wildman–Crippen LogP) is 2.54. The van der Waals surface area contributed by atoms with E-state index in [4.69, 9.17) is 0 Å². The van der Waals surface area contributed by atoms with E-state index in [9.17, 15) is 26.4 Å². The van der Waals surface area contributed by atoms with Gasteiger partial charge in [0.05, 0.1) is 0 Å². The molecule has 1 amide bonds. The van der Waals surface area contributed by atoms with Crippen molar-refractivity contribution in [1.29, 1.82) is 0 Å². The Hall–Kier alpha value is -2.62. The molecule has 26 heavy (non-hydrogen) atoms. The van der Waals surface area contributed by atoms with Gasteiger partial charge in [0.25, 0.3) is 5.91 Å². The maximum absolute atomic E-state index is 12.5. The molecule has 3 rings (SSSR count). The summed E-state index contributed by atoms with van der Waals surface area (Å²) in [5, 5.41) is 0. The van der Waals surface area contributed by atoms with Crippen molar-refractivity contribution in [2.24, 2.45) is 0 Å². The summed E-state index contributed by atoms with van der Waals surface area (Å²) < 4.78 is 60.8. The molecule has 0 unspecified atom stereocenters. The second kappa shape index (κ2) is 6.60. The first-order valence-corrected chi connectivity index (χ1v) is 9.06. The summed E-state index contributed by atoms with van der Waals surface area (Å²) in [6.45, 7) is 0.771. The summed E-state index contributed by atoms with van der Waals surface area (Å²) >= 11 is 0. The summed E-state index contributed by atoms with van der Waals surface area (Å²) in [5.74, 6) is -0.143. The van der Waals surface area contributed by atoms with Crippen LogP contribution in [-0.4, -0.2) is 36.3 Å². The molecule has 1 aromatic heterocycles. The van der Waals surface area contributed by atoms with Crippen LogP contribution in [0.5, 0.6) is 0 Å². The molecule has 0 aliphatic carbocycles. The van der Waals surface area contributed by atoms with Crippen LogP contribution < -0.4 is 4.72 Å². The molecular formula is C16H14F3N3O3S. The van der Waals surface area contributed by atoms with Gasteiger partial charge >= 0.3 is 15.5 Å². The molecule has 1 aliphatic heterocycles. The highest BCUT2D eigenvalue weighted by Crippen LogP contribution is 2.26. The monoisotopic (exact) mass is 385 g/mol. The van der Waals surface area contributed by atoms with E-state index in [0.29, 0.717) is 24.1 Å². The van der Waals surface area contributed by atoms with Crippen molar-refractivity contribution in [2.75, 3.05) is 11.3 Å². The quantitative estimate of drug-likeness (QED) is 0.877. The fraction of sp³-hybridized carbons (Fsp3) is 0.250. The number of hydrogen-bond acceptors (Lipinski definition) is 4. The van der Waals surface area contributed by atoms with E-state index in [2.05, 4.69) is 4.98 Å². The number of halogens is 3. The van der Waals surface area contributed by atoms with E-state index < -0.39 is 15.5 Å². The maximum Gasteiger partial charge on any atom is 0.516 e. The van der Waals surface area contributed by atoms with Crippen molar-refractivity contribution in [3.05, 3.63) is 59.4 Å². The lowest BCUT2D eigenvalue weighted by Gasteiger charge is -2.28. The molecule has 0 saturated heterocycles. The van der Waals surface area contributed by atoms with Gasteiger partial charge in [0.2, 0.25) is 0 Å². The van der Waals surface area contributed by atoms with Crippen LogP contribution >= 0.6 is 0 Å². The first kappa shape index (κ1) is 18.2. The summed E-state index contributed by atoms with van der Waals surface area (Å²) in [6.07, 6.45) is 3.87. The summed E-state index contributed by atoms with van der Waals surface area (Å²) in [5.41, 5.74) is -3.45. The zero-order valence-electron chi connectivity index (χ0n) is 13.3. The second-order valence-electron chi connectivity index (χ2n) is 5.76. The molecule has 0 bridgehead atoms. The average Bonchev–Trinajstić information content (AvgIpc) is 2.58. The summed E-state index contributed by atoms with van der Waals surface area (Å²) in [7, 11) is -5.45. The topological polar surface area (TPSA) is 79.4 Å². The molecule has 2 heterocycles.